The number of alkyl halides is 3. The predicted octanol–water partition coefficient (Wildman–Crippen LogP) is 3.74. The second-order valence-corrected chi connectivity index (χ2v) is 8.97. The van der Waals surface area contributed by atoms with E-state index in [0.717, 1.165) is 4.90 Å². The third-order valence-electron chi connectivity index (χ3n) is 5.20. The first kappa shape index (κ1) is 22.4. The Morgan fingerprint density at radius 1 is 1.21 bits per heavy atom. The Labute approximate surface area is 163 Å². The van der Waals surface area contributed by atoms with E-state index in [-0.39, 0.29) is 37.4 Å². The lowest BCUT2D eigenvalue weighted by Crippen LogP contribution is -2.66. The van der Waals surface area contributed by atoms with Gasteiger partial charge >= 0.3 is 6.18 Å². The molecule has 28 heavy (non-hydrogen) atoms. The van der Waals surface area contributed by atoms with E-state index >= 15 is 0 Å². The van der Waals surface area contributed by atoms with E-state index < -0.39 is 40.3 Å². The third-order valence-corrected chi connectivity index (χ3v) is 5.20. The van der Waals surface area contributed by atoms with E-state index in [9.17, 15) is 27.6 Å². The molecule has 2 rings (SSSR count). The highest BCUT2D eigenvalue weighted by molar-refractivity contribution is 6.13. The van der Waals surface area contributed by atoms with Gasteiger partial charge in [0, 0.05) is 25.1 Å². The maximum Gasteiger partial charge on any atom is 0.425 e. The summed E-state index contributed by atoms with van der Waals surface area (Å²) in [5, 5.41) is 1.94. The molecule has 1 aliphatic heterocycles. The average molecular weight is 402 g/mol. The van der Waals surface area contributed by atoms with Crippen LogP contribution in [-0.4, -0.2) is 40.8 Å². The van der Waals surface area contributed by atoms with Crippen LogP contribution in [0.1, 0.15) is 66.7 Å². The largest absolute Gasteiger partial charge is 0.425 e. The molecular weight excluding hydrogens is 373 g/mol. The lowest BCUT2D eigenvalue weighted by Gasteiger charge is -2.35. The lowest BCUT2D eigenvalue weighted by molar-refractivity contribution is -0.194. The van der Waals surface area contributed by atoms with Crippen LogP contribution in [0.25, 0.3) is 0 Å². The number of carbonyl (C=O) groups excluding carboxylic acids is 3. The highest BCUT2D eigenvalue weighted by Crippen LogP contribution is 2.51. The Bertz CT molecular complexity index is 710. The molecule has 0 fully saturated rings. The van der Waals surface area contributed by atoms with Gasteiger partial charge in [0.25, 0.3) is 5.91 Å². The molecule has 0 aromatic rings. The first-order chi connectivity index (χ1) is 12.8. The summed E-state index contributed by atoms with van der Waals surface area (Å²) in [5.74, 6) is -3.06. The minimum Gasteiger partial charge on any atom is -0.330 e. The summed E-state index contributed by atoms with van der Waals surface area (Å²) < 4.78 is 43.0. The van der Waals surface area contributed by atoms with Gasteiger partial charge < -0.3 is 10.2 Å². The topological polar surface area (TPSA) is 66.5 Å². The van der Waals surface area contributed by atoms with Crippen LogP contribution >= 0.6 is 0 Å². The van der Waals surface area contributed by atoms with Gasteiger partial charge in [-0.25, -0.2) is 0 Å². The van der Waals surface area contributed by atoms with Gasteiger partial charge in [0.05, 0.1) is 5.57 Å². The number of ketones is 1. The lowest BCUT2D eigenvalue weighted by atomic mass is 9.72. The van der Waals surface area contributed by atoms with Crippen LogP contribution in [0.4, 0.5) is 13.2 Å². The van der Waals surface area contributed by atoms with E-state index in [2.05, 4.69) is 0 Å². The van der Waals surface area contributed by atoms with Crippen molar-refractivity contribution in [3.63, 3.8) is 0 Å². The van der Waals surface area contributed by atoms with Crippen molar-refractivity contribution in [2.24, 2.45) is 11.3 Å². The molecular formula is C20H29F3N2O3. The highest BCUT2D eigenvalue weighted by Gasteiger charge is 2.71. The fraction of sp³-hybridized carbons (Fsp3) is 0.750. The number of carbonyl (C=O) groups is 3. The zero-order valence-corrected chi connectivity index (χ0v) is 17.1. The van der Waals surface area contributed by atoms with Gasteiger partial charge in [-0.05, 0) is 24.2 Å². The van der Waals surface area contributed by atoms with Crippen molar-refractivity contribution < 1.29 is 27.6 Å². The zero-order valence-electron chi connectivity index (χ0n) is 17.1. The Balaban J connectivity index is 2.65. The van der Waals surface area contributed by atoms with Crippen molar-refractivity contribution in [3.05, 3.63) is 11.3 Å². The molecule has 1 aliphatic carbocycles. The van der Waals surface area contributed by atoms with Gasteiger partial charge in [-0.15, -0.1) is 0 Å². The summed E-state index contributed by atoms with van der Waals surface area (Å²) in [6.07, 6.45) is -4.01. The van der Waals surface area contributed by atoms with Crippen molar-refractivity contribution in [2.75, 3.05) is 6.54 Å². The molecule has 2 amide bonds. The molecule has 158 valence electrons. The van der Waals surface area contributed by atoms with Crippen molar-refractivity contribution >= 4 is 17.6 Å². The number of hydrogen-bond acceptors (Lipinski definition) is 3. The maximum atomic E-state index is 14.3. The van der Waals surface area contributed by atoms with E-state index in [1.165, 1.54) is 0 Å². The molecule has 1 atom stereocenters. The van der Waals surface area contributed by atoms with E-state index in [4.69, 9.17) is 0 Å². The fourth-order valence-corrected chi connectivity index (χ4v) is 4.01. The van der Waals surface area contributed by atoms with Gasteiger partial charge in [0.1, 0.15) is 0 Å². The predicted molar refractivity (Wildman–Crippen MR) is 98.1 cm³/mol. The van der Waals surface area contributed by atoms with Crippen molar-refractivity contribution in [1.29, 1.82) is 0 Å². The molecule has 0 aromatic heterocycles. The monoisotopic (exact) mass is 402 g/mol. The molecule has 0 radical (unpaired) electrons. The molecule has 2 aliphatic rings. The molecule has 0 saturated carbocycles. The Hall–Kier alpha value is -1.86. The quantitative estimate of drug-likeness (QED) is 0.736. The standard InChI is InChI=1S/C20H29F3N2O3/c1-6-7-8-25-13-10-18(4,5)11-14(26)16(13)19(17(25)28,20(21,22)23)24-15(27)9-12(2)3/h12H,6-11H2,1-5H3,(H,24,27)/t19-/m0/s1. The van der Waals surface area contributed by atoms with Gasteiger partial charge in [-0.1, -0.05) is 41.0 Å². The van der Waals surface area contributed by atoms with Gasteiger partial charge in [0.2, 0.25) is 11.4 Å². The van der Waals surface area contributed by atoms with Crippen LogP contribution in [-0.2, 0) is 14.4 Å². The number of unbranched alkanes of at least 4 members (excludes halogenated alkanes) is 1. The number of hydrogen-bond donors (Lipinski definition) is 1. The average Bonchev–Trinajstić information content (AvgIpc) is 2.72. The van der Waals surface area contributed by atoms with Crippen molar-refractivity contribution in [3.8, 4) is 0 Å². The van der Waals surface area contributed by atoms with Gasteiger partial charge in [-0.3, -0.25) is 14.4 Å². The Morgan fingerprint density at radius 2 is 1.82 bits per heavy atom. The summed E-state index contributed by atoms with van der Waals surface area (Å²) >= 11 is 0. The summed E-state index contributed by atoms with van der Waals surface area (Å²) in [7, 11) is 0. The minimum atomic E-state index is -5.12. The molecule has 1 heterocycles. The number of nitrogens with one attached hydrogen (secondary N) is 1. The number of halogens is 3. The van der Waals surface area contributed by atoms with E-state index in [0.29, 0.717) is 12.8 Å². The molecule has 0 aromatic carbocycles. The second-order valence-electron chi connectivity index (χ2n) is 8.97. The number of rotatable bonds is 6. The number of nitrogens with zero attached hydrogens (tertiary/aromatic N) is 1. The summed E-state index contributed by atoms with van der Waals surface area (Å²) in [5.41, 5.74) is -4.31. The number of amides is 2. The SMILES string of the molecule is CCCCN1C(=O)[C@](NC(=O)CC(C)C)(C(F)(F)F)C2=C1CC(C)(C)CC2=O. The van der Waals surface area contributed by atoms with Crippen LogP contribution in [0.3, 0.4) is 0 Å². The Kier molecular flexibility index (Phi) is 6.02. The first-order valence-electron chi connectivity index (χ1n) is 9.73. The normalized spacial score (nSPS) is 24.8. The zero-order chi connectivity index (χ0) is 21.5. The minimum absolute atomic E-state index is 0.0927. The molecule has 5 nitrogen and oxygen atoms in total. The van der Waals surface area contributed by atoms with Crippen LogP contribution in [0.2, 0.25) is 0 Å². The summed E-state index contributed by atoms with van der Waals surface area (Å²) in [4.78, 5) is 39.4. The first-order valence-corrected chi connectivity index (χ1v) is 9.73. The van der Waals surface area contributed by atoms with E-state index in [1.807, 2.05) is 12.2 Å². The van der Waals surface area contributed by atoms with Crippen LogP contribution in [0.15, 0.2) is 11.3 Å². The molecule has 1 N–H and O–H groups in total. The molecule has 0 spiro atoms. The highest BCUT2D eigenvalue weighted by atomic mass is 19.4. The second kappa shape index (κ2) is 7.52. The van der Waals surface area contributed by atoms with Crippen LogP contribution in [0.5, 0.6) is 0 Å². The third kappa shape index (κ3) is 3.82. The van der Waals surface area contributed by atoms with Crippen molar-refractivity contribution in [1.82, 2.24) is 10.2 Å². The summed E-state index contributed by atoms with van der Waals surface area (Å²) in [6.45, 7) is 8.94. The number of allylic oxidation sites excluding steroid dienone is 1. The fourth-order valence-electron chi connectivity index (χ4n) is 4.01. The van der Waals surface area contributed by atoms with Crippen LogP contribution in [0, 0.1) is 11.3 Å². The molecule has 8 heteroatoms. The van der Waals surface area contributed by atoms with Gasteiger partial charge in [-0.2, -0.15) is 13.2 Å². The maximum absolute atomic E-state index is 14.3. The molecule has 0 saturated heterocycles. The van der Waals surface area contributed by atoms with Gasteiger partial charge in [0.15, 0.2) is 5.78 Å². The van der Waals surface area contributed by atoms with Crippen LogP contribution < -0.4 is 5.32 Å². The number of Topliss-reactive ketones (excluding diaryl/α,β-unsaturated/α-hetero) is 1. The van der Waals surface area contributed by atoms with E-state index in [1.54, 1.807) is 27.7 Å². The summed E-state index contributed by atoms with van der Waals surface area (Å²) in [6, 6.07) is 0. The molecule has 0 bridgehead atoms. The molecule has 0 unspecified atom stereocenters. The Morgan fingerprint density at radius 3 is 2.32 bits per heavy atom. The van der Waals surface area contributed by atoms with Crippen molar-refractivity contribution in [2.45, 2.75) is 78.4 Å². The smallest absolute Gasteiger partial charge is 0.330 e.